The van der Waals surface area contributed by atoms with Gasteiger partial charge in [-0.2, -0.15) is 0 Å². The van der Waals surface area contributed by atoms with Crippen molar-refractivity contribution in [1.82, 2.24) is 10.6 Å². The van der Waals surface area contributed by atoms with Gasteiger partial charge in [0.25, 0.3) is 5.91 Å². The van der Waals surface area contributed by atoms with E-state index in [0.29, 0.717) is 16.1 Å². The van der Waals surface area contributed by atoms with Crippen LogP contribution in [0.4, 0.5) is 0 Å². The van der Waals surface area contributed by atoms with E-state index in [1.54, 1.807) is 54.6 Å². The van der Waals surface area contributed by atoms with Crippen molar-refractivity contribution < 1.29 is 19.6 Å². The van der Waals surface area contributed by atoms with E-state index in [0.717, 1.165) is 0 Å². The summed E-state index contributed by atoms with van der Waals surface area (Å²) in [5.74, 6) is -0.771. The molecule has 1 atom stereocenters. The molecule has 2 rings (SSSR count). The Labute approximate surface area is 151 Å². The number of hydrogen-bond donors (Lipinski definition) is 4. The van der Waals surface area contributed by atoms with Crippen LogP contribution in [0.25, 0.3) is 0 Å². The highest BCUT2D eigenvalue weighted by Gasteiger charge is 2.22. The fourth-order valence-electron chi connectivity index (χ4n) is 2.29. The minimum atomic E-state index is -1.64. The molecule has 0 bridgehead atoms. The zero-order valence-corrected chi connectivity index (χ0v) is 14.1. The third-order valence-corrected chi connectivity index (χ3v) is 3.84. The molecule has 6 nitrogen and oxygen atoms in total. The minimum Gasteiger partial charge on any atom is -0.426 e. The molecular weight excluding hydrogens is 342 g/mol. The predicted molar refractivity (Wildman–Crippen MR) is 95.9 cm³/mol. The van der Waals surface area contributed by atoms with E-state index < -0.39 is 19.1 Å². The fraction of sp³-hybridized carbons (Fsp3) is 0.176. The van der Waals surface area contributed by atoms with Gasteiger partial charge in [0.05, 0.1) is 18.9 Å². The van der Waals surface area contributed by atoms with Gasteiger partial charge in [0.2, 0.25) is 5.91 Å². The third kappa shape index (κ3) is 5.90. The molecule has 0 fully saturated rings. The second kappa shape index (κ2) is 9.22. The molecule has 130 valence electrons. The molecule has 0 heterocycles. The molecule has 4 N–H and O–H groups in total. The highest BCUT2D eigenvalue weighted by molar-refractivity contribution is 6.41. The van der Waals surface area contributed by atoms with Gasteiger partial charge in [0.1, 0.15) is 0 Å². The number of rotatable bonds is 7. The average Bonchev–Trinajstić information content (AvgIpc) is 2.60. The van der Waals surface area contributed by atoms with Gasteiger partial charge in [-0.25, -0.2) is 0 Å². The molecule has 8 heteroatoms. The number of hydrogen-bond acceptors (Lipinski definition) is 4. The van der Waals surface area contributed by atoms with Crippen molar-refractivity contribution in [2.45, 2.75) is 12.5 Å². The topological polar surface area (TPSA) is 98.7 Å². The molecule has 2 aromatic rings. The molecule has 0 saturated carbocycles. The quantitative estimate of drug-likeness (QED) is 0.560. The van der Waals surface area contributed by atoms with Gasteiger partial charge in [-0.1, -0.05) is 48.0 Å². The van der Waals surface area contributed by atoms with E-state index in [4.69, 9.17) is 21.6 Å². The van der Waals surface area contributed by atoms with E-state index in [1.165, 1.54) is 0 Å². The summed E-state index contributed by atoms with van der Waals surface area (Å²) in [4.78, 5) is 24.5. The monoisotopic (exact) mass is 360 g/mol. The van der Waals surface area contributed by atoms with E-state index in [-0.39, 0.29) is 18.8 Å². The number of carbonyl (C=O) groups is 2. The summed E-state index contributed by atoms with van der Waals surface area (Å²) in [6.45, 7) is 0. The number of halogens is 1. The number of nitrogens with one attached hydrogen (secondary N) is 2. The first kappa shape index (κ1) is 19.0. The molecule has 1 unspecified atom stereocenters. The summed E-state index contributed by atoms with van der Waals surface area (Å²) in [7, 11) is -1.64. The van der Waals surface area contributed by atoms with E-state index in [1.807, 2.05) is 0 Å². The average molecular weight is 361 g/mol. The van der Waals surface area contributed by atoms with Crippen molar-refractivity contribution >= 4 is 30.5 Å². The van der Waals surface area contributed by atoms with Crippen LogP contribution in [-0.4, -0.2) is 35.4 Å². The Morgan fingerprint density at radius 3 is 2.32 bits per heavy atom. The molecule has 0 aliphatic heterocycles. The Hall–Kier alpha value is -2.35. The Kier molecular flexibility index (Phi) is 7.00. The molecule has 0 aromatic heterocycles. The lowest BCUT2D eigenvalue weighted by molar-refractivity contribution is -0.121. The van der Waals surface area contributed by atoms with Crippen LogP contribution in [-0.2, 0) is 4.79 Å². The Morgan fingerprint density at radius 1 is 1.04 bits per heavy atom. The fourth-order valence-corrected chi connectivity index (χ4v) is 2.56. The summed E-state index contributed by atoms with van der Waals surface area (Å²) in [5, 5.41) is 23.3. The van der Waals surface area contributed by atoms with Crippen LogP contribution in [0, 0.1) is 0 Å². The summed E-state index contributed by atoms with van der Waals surface area (Å²) < 4.78 is 0. The molecule has 0 spiro atoms. The van der Waals surface area contributed by atoms with Gasteiger partial charge in [0.15, 0.2) is 0 Å². The van der Waals surface area contributed by atoms with Gasteiger partial charge in [-0.05, 0) is 23.8 Å². The van der Waals surface area contributed by atoms with Crippen LogP contribution in [0.5, 0.6) is 0 Å². The SMILES string of the molecule is O=C(CC(NC(=O)c1ccccc1)c1ccccc1Cl)NCB(O)O. The highest BCUT2D eigenvalue weighted by atomic mass is 35.5. The second-order valence-electron chi connectivity index (χ2n) is 5.40. The van der Waals surface area contributed by atoms with Gasteiger partial charge in [-0.15, -0.1) is 0 Å². The summed E-state index contributed by atoms with van der Waals surface area (Å²) in [5.41, 5.74) is 1.07. The van der Waals surface area contributed by atoms with Gasteiger partial charge in [0, 0.05) is 10.6 Å². The summed E-state index contributed by atoms with van der Waals surface area (Å²) in [6, 6.07) is 14.9. The molecule has 0 saturated heterocycles. The van der Waals surface area contributed by atoms with Crippen LogP contribution in [0.3, 0.4) is 0 Å². The van der Waals surface area contributed by atoms with Crippen LogP contribution in [0.15, 0.2) is 54.6 Å². The predicted octanol–water partition coefficient (Wildman–Crippen LogP) is 1.33. The standard InChI is InChI=1S/C17H18BClN2O4/c19-14-9-5-4-8-13(14)15(10-16(22)20-11-18(24)25)21-17(23)12-6-2-1-3-7-12/h1-9,15,24-25H,10-11H2,(H,20,22)(H,21,23). The minimum absolute atomic E-state index is 0.0883. The number of amides is 2. The lowest BCUT2D eigenvalue weighted by atomic mass is 9.92. The van der Waals surface area contributed by atoms with Gasteiger partial charge >= 0.3 is 7.12 Å². The third-order valence-electron chi connectivity index (χ3n) is 3.49. The van der Waals surface area contributed by atoms with Crippen LogP contribution in [0.2, 0.25) is 5.02 Å². The molecule has 2 amide bonds. The second-order valence-corrected chi connectivity index (χ2v) is 5.81. The van der Waals surface area contributed by atoms with E-state index in [9.17, 15) is 9.59 Å². The lowest BCUT2D eigenvalue weighted by Gasteiger charge is -2.20. The largest absolute Gasteiger partial charge is 0.472 e. The maximum atomic E-state index is 12.4. The highest BCUT2D eigenvalue weighted by Crippen LogP contribution is 2.25. The summed E-state index contributed by atoms with van der Waals surface area (Å²) >= 11 is 6.20. The van der Waals surface area contributed by atoms with Crippen LogP contribution in [0.1, 0.15) is 28.4 Å². The maximum Gasteiger partial charge on any atom is 0.472 e. The molecule has 0 aliphatic carbocycles. The summed E-state index contributed by atoms with van der Waals surface area (Å²) in [6.07, 6.45) is -0.379. The Balaban J connectivity index is 2.16. The van der Waals surface area contributed by atoms with Gasteiger partial charge < -0.3 is 20.7 Å². The Morgan fingerprint density at radius 2 is 1.68 bits per heavy atom. The Bertz CT molecular complexity index is 728. The first-order chi connectivity index (χ1) is 12.0. The first-order valence-corrected chi connectivity index (χ1v) is 8.08. The smallest absolute Gasteiger partial charge is 0.426 e. The van der Waals surface area contributed by atoms with Crippen molar-refractivity contribution in [3.63, 3.8) is 0 Å². The molecule has 25 heavy (non-hydrogen) atoms. The molecule has 0 radical (unpaired) electrons. The maximum absolute atomic E-state index is 12.4. The van der Waals surface area contributed by atoms with Gasteiger partial charge in [-0.3, -0.25) is 9.59 Å². The van der Waals surface area contributed by atoms with Crippen molar-refractivity contribution in [2.24, 2.45) is 0 Å². The van der Waals surface area contributed by atoms with Crippen molar-refractivity contribution in [2.75, 3.05) is 6.44 Å². The molecule has 0 aliphatic rings. The zero-order valence-electron chi connectivity index (χ0n) is 13.4. The molecule has 2 aromatic carbocycles. The molecular formula is C17H18BClN2O4. The van der Waals surface area contributed by atoms with Crippen LogP contribution < -0.4 is 10.6 Å². The van der Waals surface area contributed by atoms with Crippen molar-refractivity contribution in [1.29, 1.82) is 0 Å². The number of benzene rings is 2. The van der Waals surface area contributed by atoms with E-state index in [2.05, 4.69) is 10.6 Å². The normalized spacial score (nSPS) is 11.5. The van der Waals surface area contributed by atoms with Crippen LogP contribution >= 0.6 is 11.6 Å². The van der Waals surface area contributed by atoms with E-state index >= 15 is 0 Å². The van der Waals surface area contributed by atoms with Crippen molar-refractivity contribution in [3.8, 4) is 0 Å². The first-order valence-electron chi connectivity index (χ1n) is 7.70. The lowest BCUT2D eigenvalue weighted by Crippen LogP contribution is -2.38. The zero-order chi connectivity index (χ0) is 18.2. The number of carbonyl (C=O) groups excluding carboxylic acids is 2. The van der Waals surface area contributed by atoms with Crippen molar-refractivity contribution in [3.05, 3.63) is 70.7 Å².